The second-order valence-electron chi connectivity index (χ2n) is 7.80. The number of carbonyl (C=O) groups is 2. The summed E-state index contributed by atoms with van der Waals surface area (Å²) in [5.74, 6) is 0.933. The highest BCUT2D eigenvalue weighted by molar-refractivity contribution is 8.16. The lowest BCUT2D eigenvalue weighted by molar-refractivity contribution is -0.136. The van der Waals surface area contributed by atoms with Crippen molar-refractivity contribution in [3.63, 3.8) is 0 Å². The molecule has 2 heterocycles. The number of rotatable bonds is 8. The molecule has 3 aliphatic rings. The minimum absolute atomic E-state index is 0.0154. The van der Waals surface area contributed by atoms with Crippen LogP contribution >= 0.6 is 11.8 Å². The topological polar surface area (TPSA) is 80.2 Å². The molecule has 1 aromatic carbocycles. The average molecular weight is 442 g/mol. The van der Waals surface area contributed by atoms with Gasteiger partial charge >= 0.3 is 5.97 Å². The number of hydrogen-bond acceptors (Lipinski definition) is 7. The molecule has 1 fully saturated rings. The van der Waals surface area contributed by atoms with Gasteiger partial charge in [0.05, 0.1) is 38.0 Å². The van der Waals surface area contributed by atoms with Crippen LogP contribution in [-0.2, 0) is 14.3 Å². The Morgan fingerprint density at radius 2 is 1.97 bits per heavy atom. The first-order valence-electron chi connectivity index (χ1n) is 10.5. The largest absolute Gasteiger partial charge is 0.497 e. The lowest BCUT2D eigenvalue weighted by Crippen LogP contribution is -2.38. The molecular formula is C23H27N3O4S. The van der Waals surface area contributed by atoms with Crippen LogP contribution in [-0.4, -0.2) is 42.7 Å². The Labute approximate surface area is 186 Å². The van der Waals surface area contributed by atoms with E-state index < -0.39 is 12.0 Å². The molecule has 2 aliphatic heterocycles. The molecule has 0 saturated heterocycles. The van der Waals surface area contributed by atoms with E-state index in [1.54, 1.807) is 7.11 Å². The van der Waals surface area contributed by atoms with Crippen LogP contribution in [0.2, 0.25) is 0 Å². The van der Waals surface area contributed by atoms with Crippen molar-refractivity contribution in [3.8, 4) is 5.75 Å². The molecule has 1 saturated carbocycles. The zero-order chi connectivity index (χ0) is 22.0. The van der Waals surface area contributed by atoms with Crippen LogP contribution in [0.25, 0.3) is 0 Å². The van der Waals surface area contributed by atoms with E-state index in [9.17, 15) is 9.59 Å². The first-order chi connectivity index (χ1) is 15.0. The van der Waals surface area contributed by atoms with Crippen LogP contribution in [0.4, 0.5) is 0 Å². The third-order valence-electron chi connectivity index (χ3n) is 5.69. The number of amidine groups is 1. The van der Waals surface area contributed by atoms with E-state index in [4.69, 9.17) is 14.5 Å². The number of hydrogen-bond donors (Lipinski definition) is 1. The predicted molar refractivity (Wildman–Crippen MR) is 120 cm³/mol. The number of aliphatic imine (C=N–C) groups is 1. The van der Waals surface area contributed by atoms with Gasteiger partial charge in [-0.3, -0.25) is 4.79 Å². The van der Waals surface area contributed by atoms with Crippen LogP contribution in [0.3, 0.4) is 0 Å². The van der Waals surface area contributed by atoms with Crippen LogP contribution in [0.1, 0.15) is 44.2 Å². The normalized spacial score (nSPS) is 20.1. The predicted octanol–water partition coefficient (Wildman–Crippen LogP) is 3.75. The molecule has 8 heteroatoms. The highest BCUT2D eigenvalue weighted by Crippen LogP contribution is 2.45. The zero-order valence-corrected chi connectivity index (χ0v) is 18.8. The van der Waals surface area contributed by atoms with Gasteiger partial charge in [-0.1, -0.05) is 30.8 Å². The van der Waals surface area contributed by atoms with Gasteiger partial charge in [-0.2, -0.15) is 0 Å². The van der Waals surface area contributed by atoms with Gasteiger partial charge in [0.15, 0.2) is 5.17 Å². The highest BCUT2D eigenvalue weighted by Gasteiger charge is 2.41. The maximum absolute atomic E-state index is 12.8. The molecule has 1 aliphatic carbocycles. The monoisotopic (exact) mass is 441 g/mol. The molecule has 0 aromatic heterocycles. The molecule has 0 bridgehead atoms. The van der Waals surface area contributed by atoms with Crippen LogP contribution in [0.5, 0.6) is 5.75 Å². The number of carbonyl (C=O) groups excluding carboxylic acids is 2. The summed E-state index contributed by atoms with van der Waals surface area (Å²) in [5.41, 5.74) is 2.95. The number of nitrogens with one attached hydrogen (secondary N) is 1. The van der Waals surface area contributed by atoms with E-state index in [0.717, 1.165) is 28.7 Å². The first-order valence-corrected chi connectivity index (χ1v) is 11.4. The molecule has 164 valence electrons. The SMILES string of the molecule is CCC1=C(C(=O)OC)C(c2ccc(OC)cc2)N2C(CC(=O)NCC3CC3)=CSC2=N1. The van der Waals surface area contributed by atoms with Crippen LogP contribution in [0.15, 0.2) is 51.6 Å². The quantitative estimate of drug-likeness (QED) is 0.619. The van der Waals surface area contributed by atoms with Crippen molar-refractivity contribution in [2.75, 3.05) is 20.8 Å². The number of thioether (sulfide) groups is 1. The van der Waals surface area contributed by atoms with Crippen molar-refractivity contribution >= 4 is 28.8 Å². The fourth-order valence-electron chi connectivity index (χ4n) is 3.82. The number of ether oxygens (including phenoxy) is 2. The maximum atomic E-state index is 12.8. The first kappa shape index (κ1) is 21.5. The van der Waals surface area contributed by atoms with Gasteiger partial charge in [0.25, 0.3) is 0 Å². The van der Waals surface area contributed by atoms with Crippen LogP contribution < -0.4 is 10.1 Å². The molecular weight excluding hydrogens is 414 g/mol. The summed E-state index contributed by atoms with van der Waals surface area (Å²) in [7, 11) is 3.00. The summed E-state index contributed by atoms with van der Waals surface area (Å²) < 4.78 is 10.4. The van der Waals surface area contributed by atoms with E-state index in [1.807, 2.05) is 41.5 Å². The van der Waals surface area contributed by atoms with E-state index in [-0.39, 0.29) is 12.3 Å². The Hall–Kier alpha value is -2.74. The number of fused-ring (bicyclic) bond motifs is 1. The lowest BCUT2D eigenvalue weighted by atomic mass is 9.93. The number of amides is 1. The Morgan fingerprint density at radius 3 is 2.58 bits per heavy atom. The molecule has 1 N–H and O–H groups in total. The minimum atomic E-state index is -0.418. The lowest BCUT2D eigenvalue weighted by Gasteiger charge is -2.36. The Kier molecular flexibility index (Phi) is 6.36. The van der Waals surface area contributed by atoms with Crippen molar-refractivity contribution in [1.82, 2.24) is 10.2 Å². The summed E-state index contributed by atoms with van der Waals surface area (Å²) in [6.07, 6.45) is 3.22. The van der Waals surface area contributed by atoms with E-state index in [1.165, 1.54) is 31.7 Å². The molecule has 0 spiro atoms. The average Bonchev–Trinajstić information content (AvgIpc) is 3.56. The minimum Gasteiger partial charge on any atom is -0.497 e. The van der Waals surface area contributed by atoms with Gasteiger partial charge in [-0.15, -0.1) is 0 Å². The number of benzene rings is 1. The Morgan fingerprint density at radius 1 is 1.23 bits per heavy atom. The molecule has 0 radical (unpaired) electrons. The number of allylic oxidation sites excluding steroid dienone is 1. The smallest absolute Gasteiger partial charge is 0.338 e. The number of methoxy groups -OCH3 is 2. The summed E-state index contributed by atoms with van der Waals surface area (Å²) in [5, 5.41) is 5.76. The summed E-state index contributed by atoms with van der Waals surface area (Å²) >= 11 is 1.48. The van der Waals surface area contributed by atoms with Crippen molar-refractivity contribution in [2.45, 2.75) is 38.6 Å². The number of esters is 1. The molecule has 1 unspecified atom stereocenters. The fraction of sp³-hybridized carbons (Fsp3) is 0.435. The van der Waals surface area contributed by atoms with Gasteiger partial charge in [0.1, 0.15) is 5.75 Å². The second kappa shape index (κ2) is 9.18. The molecule has 1 atom stereocenters. The standard InChI is InChI=1S/C23H27N3O4S/c1-4-18-20(22(28)30-3)21(15-7-9-17(29-2)10-8-15)26-16(13-31-23(26)25-18)11-19(27)24-12-14-5-6-14/h7-10,13-14,21H,4-6,11-12H2,1-3H3,(H,24,27). The molecule has 4 rings (SSSR count). The van der Waals surface area contributed by atoms with Gasteiger partial charge < -0.3 is 19.7 Å². The van der Waals surface area contributed by atoms with Gasteiger partial charge in [0, 0.05) is 12.2 Å². The highest BCUT2D eigenvalue weighted by atomic mass is 32.2. The molecule has 7 nitrogen and oxygen atoms in total. The third kappa shape index (κ3) is 4.49. The van der Waals surface area contributed by atoms with Crippen molar-refractivity contribution < 1.29 is 19.1 Å². The molecule has 1 aromatic rings. The summed E-state index contributed by atoms with van der Waals surface area (Å²) in [4.78, 5) is 32.1. The van der Waals surface area contributed by atoms with E-state index in [0.29, 0.717) is 23.6 Å². The summed E-state index contributed by atoms with van der Waals surface area (Å²) in [6, 6.07) is 7.21. The molecule has 1 amide bonds. The third-order valence-corrected chi connectivity index (χ3v) is 6.58. The number of nitrogens with zero attached hydrogens (tertiary/aromatic N) is 2. The maximum Gasteiger partial charge on any atom is 0.338 e. The fourth-order valence-corrected chi connectivity index (χ4v) is 4.76. The van der Waals surface area contributed by atoms with Crippen molar-refractivity contribution in [3.05, 3.63) is 52.2 Å². The summed E-state index contributed by atoms with van der Waals surface area (Å²) in [6.45, 7) is 2.71. The van der Waals surface area contributed by atoms with Gasteiger partial charge in [-0.05, 0) is 48.3 Å². The zero-order valence-electron chi connectivity index (χ0n) is 18.0. The van der Waals surface area contributed by atoms with Crippen molar-refractivity contribution in [2.24, 2.45) is 10.9 Å². The second-order valence-corrected chi connectivity index (χ2v) is 8.63. The Bertz CT molecular complexity index is 964. The van der Waals surface area contributed by atoms with Crippen LogP contribution in [0, 0.1) is 5.92 Å². The van der Waals surface area contributed by atoms with Crippen molar-refractivity contribution in [1.29, 1.82) is 0 Å². The van der Waals surface area contributed by atoms with Gasteiger partial charge in [0.2, 0.25) is 5.91 Å². The molecule has 31 heavy (non-hydrogen) atoms. The van der Waals surface area contributed by atoms with Gasteiger partial charge in [-0.25, -0.2) is 9.79 Å². The van der Waals surface area contributed by atoms with E-state index >= 15 is 0 Å². The van der Waals surface area contributed by atoms with E-state index in [2.05, 4.69) is 5.32 Å². The Balaban J connectivity index is 1.68.